The van der Waals surface area contributed by atoms with Crippen molar-refractivity contribution in [3.8, 4) is 0 Å². The summed E-state index contributed by atoms with van der Waals surface area (Å²) in [5, 5.41) is 0. The second-order valence-electron chi connectivity index (χ2n) is 18.8. The summed E-state index contributed by atoms with van der Waals surface area (Å²) in [7, 11) is 0. The van der Waals surface area contributed by atoms with E-state index in [1.54, 1.807) is 0 Å². The van der Waals surface area contributed by atoms with Crippen LogP contribution in [0.1, 0.15) is 252 Å². The molecule has 71 heavy (non-hydrogen) atoms. The van der Waals surface area contributed by atoms with Gasteiger partial charge in [-0.2, -0.15) is 0 Å². The SMILES string of the molecule is CC/C=C\C/C=C\C/C=C\C/C=C\C/C=C\C/C=C\CCCCC(=O)OCC(COC(=O)CCCCCCC/C=C\CCCC)OC(=O)CCCCCCCC/C=C\C/C=C\C/C=C\CCCCCCC. The largest absolute Gasteiger partial charge is 0.462 e. The molecule has 0 fully saturated rings. The van der Waals surface area contributed by atoms with Crippen LogP contribution >= 0.6 is 0 Å². The van der Waals surface area contributed by atoms with Crippen molar-refractivity contribution in [3.63, 3.8) is 0 Å². The first kappa shape index (κ1) is 66.8. The Morgan fingerprint density at radius 1 is 0.296 bits per heavy atom. The van der Waals surface area contributed by atoms with E-state index in [2.05, 4.69) is 142 Å². The van der Waals surface area contributed by atoms with E-state index < -0.39 is 6.10 Å². The van der Waals surface area contributed by atoms with Crippen LogP contribution in [0, 0.1) is 0 Å². The molecule has 402 valence electrons. The van der Waals surface area contributed by atoms with E-state index in [4.69, 9.17) is 14.2 Å². The molecule has 0 spiro atoms. The van der Waals surface area contributed by atoms with Crippen molar-refractivity contribution in [1.82, 2.24) is 0 Å². The highest BCUT2D eigenvalue weighted by Crippen LogP contribution is 2.13. The summed E-state index contributed by atoms with van der Waals surface area (Å²) in [6.07, 6.45) is 80.5. The lowest BCUT2D eigenvalue weighted by Gasteiger charge is -2.18. The van der Waals surface area contributed by atoms with Crippen LogP contribution in [-0.2, 0) is 28.6 Å². The molecule has 0 aliphatic carbocycles. The normalized spacial score (nSPS) is 13.0. The molecule has 6 heteroatoms. The lowest BCUT2D eigenvalue weighted by Crippen LogP contribution is -2.30. The van der Waals surface area contributed by atoms with Crippen molar-refractivity contribution >= 4 is 17.9 Å². The Labute approximate surface area is 437 Å². The first-order valence-corrected chi connectivity index (χ1v) is 29.0. The van der Waals surface area contributed by atoms with Crippen LogP contribution in [0.4, 0.5) is 0 Å². The van der Waals surface area contributed by atoms with Crippen LogP contribution in [0.2, 0.25) is 0 Å². The van der Waals surface area contributed by atoms with E-state index in [9.17, 15) is 14.4 Å². The predicted octanol–water partition coefficient (Wildman–Crippen LogP) is 19.6. The minimum absolute atomic E-state index is 0.105. The maximum atomic E-state index is 12.9. The smallest absolute Gasteiger partial charge is 0.306 e. The monoisotopic (exact) mass is 983 g/mol. The Kier molecular flexibility index (Phi) is 54.9. The van der Waals surface area contributed by atoms with Gasteiger partial charge in [-0.3, -0.25) is 14.4 Å². The highest BCUT2D eigenvalue weighted by Gasteiger charge is 2.19. The van der Waals surface area contributed by atoms with Crippen LogP contribution < -0.4 is 0 Å². The second-order valence-corrected chi connectivity index (χ2v) is 18.8. The quantitative estimate of drug-likeness (QED) is 0.0261. The number of hydrogen-bond acceptors (Lipinski definition) is 6. The molecule has 0 N–H and O–H groups in total. The number of allylic oxidation sites excluding steroid dienone is 20. The molecular weight excluding hydrogens is 877 g/mol. The minimum Gasteiger partial charge on any atom is -0.462 e. The third-order valence-electron chi connectivity index (χ3n) is 11.9. The molecule has 0 bridgehead atoms. The number of ether oxygens (including phenoxy) is 3. The molecule has 0 radical (unpaired) electrons. The van der Waals surface area contributed by atoms with Crippen LogP contribution in [0.5, 0.6) is 0 Å². The molecule has 1 atom stereocenters. The van der Waals surface area contributed by atoms with Gasteiger partial charge in [0.2, 0.25) is 0 Å². The van der Waals surface area contributed by atoms with Gasteiger partial charge in [0.25, 0.3) is 0 Å². The molecule has 0 aromatic heterocycles. The lowest BCUT2D eigenvalue weighted by molar-refractivity contribution is -0.167. The Balaban J connectivity index is 4.47. The summed E-state index contributed by atoms with van der Waals surface area (Å²) >= 11 is 0. The van der Waals surface area contributed by atoms with Crippen LogP contribution in [0.25, 0.3) is 0 Å². The Morgan fingerprint density at radius 3 is 0.944 bits per heavy atom. The van der Waals surface area contributed by atoms with Crippen molar-refractivity contribution in [2.24, 2.45) is 0 Å². The number of carbonyl (C=O) groups is 3. The van der Waals surface area contributed by atoms with Crippen molar-refractivity contribution in [2.45, 2.75) is 258 Å². The van der Waals surface area contributed by atoms with Crippen molar-refractivity contribution in [1.29, 1.82) is 0 Å². The second kappa shape index (κ2) is 58.4. The summed E-state index contributed by atoms with van der Waals surface area (Å²) in [5.41, 5.74) is 0. The van der Waals surface area contributed by atoms with Gasteiger partial charge in [0.05, 0.1) is 0 Å². The maximum Gasteiger partial charge on any atom is 0.306 e. The standard InChI is InChI=1S/C65H106O6/c1-4-7-10-13-16-19-22-24-26-28-30-32-34-36-38-40-43-46-49-52-55-58-64(67)70-61-62(60-69-63(66)57-54-51-48-45-42-21-18-15-12-9-6-3)71-65(68)59-56-53-50-47-44-41-39-37-35-33-31-29-27-25-23-20-17-14-11-8-5-2/h7,10,15-16,18-19,23-26,29-32,35-38,43,46,62H,4-6,8-9,11-14,17,20-22,27-28,33-34,39-42,44-45,47-61H2,1-3H3/b10-7-,18-15-,19-16-,25-23-,26-24-,31-29-,32-30-,37-35-,38-36-,46-43-. The topological polar surface area (TPSA) is 78.9 Å². The Bertz CT molecular complexity index is 1500. The van der Waals surface area contributed by atoms with Gasteiger partial charge in [0, 0.05) is 19.3 Å². The first-order valence-electron chi connectivity index (χ1n) is 29.0. The molecular formula is C65H106O6. The molecule has 0 rings (SSSR count). The van der Waals surface area contributed by atoms with Gasteiger partial charge in [-0.1, -0.05) is 226 Å². The summed E-state index contributed by atoms with van der Waals surface area (Å²) in [5.74, 6) is -0.974. The van der Waals surface area contributed by atoms with Gasteiger partial charge >= 0.3 is 17.9 Å². The summed E-state index contributed by atoms with van der Waals surface area (Å²) in [6.45, 7) is 6.41. The molecule has 0 aromatic carbocycles. The van der Waals surface area contributed by atoms with Crippen molar-refractivity contribution in [2.75, 3.05) is 13.2 Å². The molecule has 1 unspecified atom stereocenters. The highest BCUT2D eigenvalue weighted by molar-refractivity contribution is 5.71. The maximum absolute atomic E-state index is 12.9. The Morgan fingerprint density at radius 2 is 0.563 bits per heavy atom. The summed E-state index contributed by atoms with van der Waals surface area (Å²) < 4.78 is 16.8. The van der Waals surface area contributed by atoms with E-state index in [0.717, 1.165) is 128 Å². The summed E-state index contributed by atoms with van der Waals surface area (Å²) in [4.78, 5) is 38.1. The van der Waals surface area contributed by atoms with Gasteiger partial charge in [-0.05, 0) is 128 Å². The molecule has 0 heterocycles. The van der Waals surface area contributed by atoms with Gasteiger partial charge in [0.1, 0.15) is 13.2 Å². The van der Waals surface area contributed by atoms with Crippen LogP contribution in [-0.4, -0.2) is 37.2 Å². The average molecular weight is 984 g/mol. The van der Waals surface area contributed by atoms with E-state index in [0.29, 0.717) is 25.7 Å². The molecule has 0 aliphatic rings. The highest BCUT2D eigenvalue weighted by atomic mass is 16.6. The van der Waals surface area contributed by atoms with Gasteiger partial charge in [-0.25, -0.2) is 0 Å². The van der Waals surface area contributed by atoms with Gasteiger partial charge < -0.3 is 14.2 Å². The van der Waals surface area contributed by atoms with E-state index in [-0.39, 0.29) is 31.1 Å². The number of carbonyl (C=O) groups excluding carboxylic acids is 3. The molecule has 0 aliphatic heterocycles. The number of hydrogen-bond donors (Lipinski definition) is 0. The lowest BCUT2D eigenvalue weighted by atomic mass is 10.1. The molecule has 0 saturated heterocycles. The van der Waals surface area contributed by atoms with Crippen LogP contribution in [0.15, 0.2) is 122 Å². The minimum atomic E-state index is -0.810. The molecule has 0 aromatic rings. The van der Waals surface area contributed by atoms with E-state index in [1.807, 2.05) is 0 Å². The first-order chi connectivity index (χ1) is 35.0. The fourth-order valence-electron chi connectivity index (χ4n) is 7.55. The average Bonchev–Trinajstić information content (AvgIpc) is 3.37. The fourth-order valence-corrected chi connectivity index (χ4v) is 7.55. The third-order valence-corrected chi connectivity index (χ3v) is 11.9. The number of unbranched alkanes of at least 4 members (excludes halogenated alkanes) is 20. The molecule has 0 amide bonds. The summed E-state index contributed by atoms with van der Waals surface area (Å²) in [6, 6.07) is 0. The van der Waals surface area contributed by atoms with Crippen molar-refractivity contribution < 1.29 is 28.6 Å². The van der Waals surface area contributed by atoms with Crippen LogP contribution in [0.3, 0.4) is 0 Å². The van der Waals surface area contributed by atoms with E-state index in [1.165, 1.54) is 77.0 Å². The zero-order valence-electron chi connectivity index (χ0n) is 45.9. The van der Waals surface area contributed by atoms with Gasteiger partial charge in [-0.15, -0.1) is 0 Å². The zero-order chi connectivity index (χ0) is 51.4. The van der Waals surface area contributed by atoms with E-state index >= 15 is 0 Å². The fraction of sp³-hybridized carbons (Fsp3) is 0.646. The number of esters is 3. The molecule has 6 nitrogen and oxygen atoms in total. The predicted molar refractivity (Wildman–Crippen MR) is 306 cm³/mol. The van der Waals surface area contributed by atoms with Gasteiger partial charge in [0.15, 0.2) is 6.10 Å². The van der Waals surface area contributed by atoms with Crippen molar-refractivity contribution in [3.05, 3.63) is 122 Å². The zero-order valence-corrected chi connectivity index (χ0v) is 45.9. The Hall–Kier alpha value is -4.19. The molecule has 0 saturated carbocycles. The third kappa shape index (κ3) is 56.6. The number of rotatable bonds is 51.